The number of ketones is 1. The van der Waals surface area contributed by atoms with Crippen LogP contribution in [0.15, 0.2) is 0 Å². The average Bonchev–Trinajstić information content (AvgIpc) is 2.22. The van der Waals surface area contributed by atoms with Gasteiger partial charge in [-0.15, -0.1) is 0 Å². The molecule has 84 valence electrons. The molecular formula is C12H25NO. The van der Waals surface area contributed by atoms with Gasteiger partial charge in [-0.05, 0) is 5.92 Å². The molecule has 0 saturated carbocycles. The monoisotopic (exact) mass is 199 g/mol. The Hall–Kier alpha value is -0.370. The van der Waals surface area contributed by atoms with Crippen LogP contribution in [0.5, 0.6) is 0 Å². The number of nitrogens with two attached hydrogens (primary N) is 1. The second kappa shape index (κ2) is 7.98. The number of hydrogen-bond acceptors (Lipinski definition) is 2. The van der Waals surface area contributed by atoms with Crippen molar-refractivity contribution in [2.24, 2.45) is 17.6 Å². The summed E-state index contributed by atoms with van der Waals surface area (Å²) >= 11 is 0. The molecule has 0 fully saturated rings. The highest BCUT2D eigenvalue weighted by molar-refractivity contribution is 5.81. The van der Waals surface area contributed by atoms with Crippen molar-refractivity contribution in [3.63, 3.8) is 0 Å². The van der Waals surface area contributed by atoms with E-state index in [9.17, 15) is 4.79 Å². The van der Waals surface area contributed by atoms with Crippen molar-refractivity contribution in [2.75, 3.05) is 6.54 Å². The molecule has 2 heteroatoms. The Balaban J connectivity index is 3.85. The van der Waals surface area contributed by atoms with Crippen LogP contribution in [0.4, 0.5) is 0 Å². The van der Waals surface area contributed by atoms with Gasteiger partial charge in [-0.1, -0.05) is 46.5 Å². The number of carbonyl (C=O) groups is 1. The summed E-state index contributed by atoms with van der Waals surface area (Å²) in [6, 6.07) is 0. The van der Waals surface area contributed by atoms with Crippen LogP contribution in [0.1, 0.15) is 52.9 Å². The van der Waals surface area contributed by atoms with Crippen LogP contribution < -0.4 is 5.73 Å². The molecule has 2 N–H and O–H groups in total. The highest BCUT2D eigenvalue weighted by Gasteiger charge is 2.16. The number of carbonyl (C=O) groups excluding carboxylic acids is 1. The van der Waals surface area contributed by atoms with E-state index in [4.69, 9.17) is 5.73 Å². The number of Topliss-reactive ketones (excluding diaryl/α,β-unsaturated/α-hetero) is 1. The molecule has 0 aliphatic rings. The standard InChI is InChI=1S/C12H25NO/c1-4-6-7-11(5-2)8-12(14)10(3)9-13/h10-11H,4-9,13H2,1-3H3. The van der Waals surface area contributed by atoms with Crippen LogP contribution in [0, 0.1) is 11.8 Å². The molecule has 0 radical (unpaired) electrons. The van der Waals surface area contributed by atoms with E-state index >= 15 is 0 Å². The lowest BCUT2D eigenvalue weighted by Gasteiger charge is -2.15. The maximum Gasteiger partial charge on any atom is 0.137 e. The lowest BCUT2D eigenvalue weighted by molar-refractivity contribution is -0.123. The fourth-order valence-corrected chi connectivity index (χ4v) is 1.56. The van der Waals surface area contributed by atoms with E-state index in [1.165, 1.54) is 19.3 Å². The second-order valence-electron chi connectivity index (χ2n) is 4.22. The van der Waals surface area contributed by atoms with Crippen molar-refractivity contribution >= 4 is 5.78 Å². The third-order valence-electron chi connectivity index (χ3n) is 2.94. The second-order valence-corrected chi connectivity index (χ2v) is 4.22. The minimum absolute atomic E-state index is 0.0469. The fourth-order valence-electron chi connectivity index (χ4n) is 1.56. The maximum atomic E-state index is 11.6. The first-order valence-electron chi connectivity index (χ1n) is 5.88. The van der Waals surface area contributed by atoms with Crippen molar-refractivity contribution in [2.45, 2.75) is 52.9 Å². The van der Waals surface area contributed by atoms with Crippen LogP contribution in [-0.2, 0) is 4.79 Å². The molecule has 14 heavy (non-hydrogen) atoms. The Morgan fingerprint density at radius 3 is 2.43 bits per heavy atom. The molecule has 0 aliphatic carbocycles. The molecule has 0 spiro atoms. The summed E-state index contributed by atoms with van der Waals surface area (Å²) in [5.74, 6) is 0.970. The van der Waals surface area contributed by atoms with Gasteiger partial charge in [-0.25, -0.2) is 0 Å². The van der Waals surface area contributed by atoms with Gasteiger partial charge in [0.15, 0.2) is 0 Å². The highest BCUT2D eigenvalue weighted by atomic mass is 16.1. The zero-order valence-electron chi connectivity index (χ0n) is 9.88. The minimum atomic E-state index is 0.0469. The van der Waals surface area contributed by atoms with E-state index in [2.05, 4.69) is 13.8 Å². The zero-order valence-corrected chi connectivity index (χ0v) is 9.88. The summed E-state index contributed by atoms with van der Waals surface area (Å²) in [6.45, 7) is 6.77. The van der Waals surface area contributed by atoms with Crippen LogP contribution >= 0.6 is 0 Å². The predicted molar refractivity (Wildman–Crippen MR) is 61.1 cm³/mol. The molecule has 0 aromatic rings. The Kier molecular flexibility index (Phi) is 7.77. The lowest BCUT2D eigenvalue weighted by atomic mass is 9.90. The smallest absolute Gasteiger partial charge is 0.137 e. The third-order valence-corrected chi connectivity index (χ3v) is 2.94. The van der Waals surface area contributed by atoms with Gasteiger partial charge in [0, 0.05) is 18.9 Å². The first-order valence-corrected chi connectivity index (χ1v) is 5.88. The summed E-state index contributed by atoms with van der Waals surface area (Å²) in [5.41, 5.74) is 5.47. The zero-order chi connectivity index (χ0) is 11.0. The summed E-state index contributed by atoms with van der Waals surface area (Å²) < 4.78 is 0. The summed E-state index contributed by atoms with van der Waals surface area (Å²) in [7, 11) is 0. The van der Waals surface area contributed by atoms with Gasteiger partial charge in [0.2, 0.25) is 0 Å². The van der Waals surface area contributed by atoms with Crippen molar-refractivity contribution in [3.05, 3.63) is 0 Å². The van der Waals surface area contributed by atoms with E-state index < -0.39 is 0 Å². The number of hydrogen-bond donors (Lipinski definition) is 1. The largest absolute Gasteiger partial charge is 0.330 e. The number of unbranched alkanes of at least 4 members (excludes halogenated alkanes) is 1. The molecule has 2 nitrogen and oxygen atoms in total. The molecule has 2 unspecified atom stereocenters. The van der Waals surface area contributed by atoms with Gasteiger partial charge < -0.3 is 5.73 Å². The van der Waals surface area contributed by atoms with Gasteiger partial charge >= 0.3 is 0 Å². The van der Waals surface area contributed by atoms with Crippen LogP contribution in [0.3, 0.4) is 0 Å². The topological polar surface area (TPSA) is 43.1 Å². The van der Waals surface area contributed by atoms with E-state index in [0.29, 0.717) is 18.2 Å². The first kappa shape index (κ1) is 13.6. The summed E-state index contributed by atoms with van der Waals surface area (Å²) in [5, 5.41) is 0. The van der Waals surface area contributed by atoms with Crippen molar-refractivity contribution in [1.29, 1.82) is 0 Å². The van der Waals surface area contributed by atoms with Crippen molar-refractivity contribution < 1.29 is 4.79 Å². The molecular weight excluding hydrogens is 174 g/mol. The Morgan fingerprint density at radius 1 is 1.36 bits per heavy atom. The highest BCUT2D eigenvalue weighted by Crippen LogP contribution is 2.18. The predicted octanol–water partition coefficient (Wildman–Crippen LogP) is 2.76. The van der Waals surface area contributed by atoms with E-state index in [-0.39, 0.29) is 5.92 Å². The quantitative estimate of drug-likeness (QED) is 0.653. The van der Waals surface area contributed by atoms with E-state index in [1.54, 1.807) is 0 Å². The molecule has 0 saturated heterocycles. The lowest BCUT2D eigenvalue weighted by Crippen LogP contribution is -2.22. The van der Waals surface area contributed by atoms with Gasteiger partial charge in [0.1, 0.15) is 5.78 Å². The molecule has 0 heterocycles. The maximum absolute atomic E-state index is 11.6. The molecule has 0 rings (SSSR count). The number of rotatable bonds is 8. The third kappa shape index (κ3) is 5.38. The minimum Gasteiger partial charge on any atom is -0.330 e. The summed E-state index contributed by atoms with van der Waals surface area (Å²) in [6.07, 6.45) is 5.49. The summed E-state index contributed by atoms with van der Waals surface area (Å²) in [4.78, 5) is 11.6. The van der Waals surface area contributed by atoms with E-state index in [1.807, 2.05) is 6.92 Å². The van der Waals surface area contributed by atoms with Crippen LogP contribution in [0.2, 0.25) is 0 Å². The van der Waals surface area contributed by atoms with Gasteiger partial charge in [0.25, 0.3) is 0 Å². The molecule has 2 atom stereocenters. The molecule has 0 aromatic heterocycles. The molecule has 0 aliphatic heterocycles. The van der Waals surface area contributed by atoms with Gasteiger partial charge in [-0.3, -0.25) is 4.79 Å². The van der Waals surface area contributed by atoms with Crippen molar-refractivity contribution in [3.8, 4) is 0 Å². The fraction of sp³-hybridized carbons (Fsp3) is 0.917. The molecule has 0 bridgehead atoms. The Bertz CT molecular complexity index is 156. The normalized spacial score (nSPS) is 15.1. The van der Waals surface area contributed by atoms with Crippen LogP contribution in [-0.4, -0.2) is 12.3 Å². The molecule has 0 amide bonds. The van der Waals surface area contributed by atoms with Gasteiger partial charge in [-0.2, -0.15) is 0 Å². The Morgan fingerprint density at radius 2 is 2.00 bits per heavy atom. The average molecular weight is 199 g/mol. The van der Waals surface area contributed by atoms with Crippen LogP contribution in [0.25, 0.3) is 0 Å². The Labute approximate surface area is 88.3 Å². The first-order chi connectivity index (χ1) is 6.65. The molecule has 0 aromatic carbocycles. The van der Waals surface area contributed by atoms with Crippen molar-refractivity contribution in [1.82, 2.24) is 0 Å². The van der Waals surface area contributed by atoms with E-state index in [0.717, 1.165) is 12.8 Å². The van der Waals surface area contributed by atoms with Gasteiger partial charge in [0.05, 0.1) is 0 Å². The SMILES string of the molecule is CCCCC(CC)CC(=O)C(C)CN.